The van der Waals surface area contributed by atoms with Crippen molar-refractivity contribution < 1.29 is 19.1 Å². The van der Waals surface area contributed by atoms with Crippen molar-refractivity contribution in [3.8, 4) is 0 Å². The number of aryl methyl sites for hydroxylation is 1. The minimum absolute atomic E-state index is 0.0277. The first kappa shape index (κ1) is 13.2. The highest BCUT2D eigenvalue weighted by Gasteiger charge is 2.38. The Kier molecular flexibility index (Phi) is 3.51. The van der Waals surface area contributed by atoms with Gasteiger partial charge in [-0.1, -0.05) is 6.42 Å². The molecule has 1 amide bonds. The van der Waals surface area contributed by atoms with Gasteiger partial charge in [0.05, 0.1) is 24.1 Å². The predicted octanol–water partition coefficient (Wildman–Crippen LogP) is 2.27. The molecule has 0 aromatic carbocycles. The fourth-order valence-electron chi connectivity index (χ4n) is 3.48. The van der Waals surface area contributed by atoms with Gasteiger partial charge in [-0.2, -0.15) is 0 Å². The Morgan fingerprint density at radius 1 is 1.20 bits per heavy atom. The van der Waals surface area contributed by atoms with E-state index in [9.17, 15) is 9.59 Å². The van der Waals surface area contributed by atoms with Gasteiger partial charge in [-0.25, -0.2) is 0 Å². The summed E-state index contributed by atoms with van der Waals surface area (Å²) >= 11 is 0. The van der Waals surface area contributed by atoms with Crippen LogP contribution < -0.4 is 5.32 Å². The van der Waals surface area contributed by atoms with Gasteiger partial charge in [0.25, 0.3) is 0 Å². The number of carbonyl (C=O) groups excluding carboxylic acids is 1. The van der Waals surface area contributed by atoms with Crippen molar-refractivity contribution in [2.75, 3.05) is 0 Å². The van der Waals surface area contributed by atoms with E-state index in [2.05, 4.69) is 5.32 Å². The molecule has 0 spiro atoms. The normalized spacial score (nSPS) is 28.9. The Morgan fingerprint density at radius 3 is 2.80 bits per heavy atom. The smallest absolute Gasteiger partial charge is 0.307 e. The lowest BCUT2D eigenvalue weighted by molar-refractivity contribution is -0.146. The van der Waals surface area contributed by atoms with Crippen LogP contribution in [-0.4, -0.2) is 17.0 Å². The average molecular weight is 277 g/mol. The van der Waals surface area contributed by atoms with Gasteiger partial charge < -0.3 is 14.8 Å². The topological polar surface area (TPSA) is 79.5 Å². The molecular formula is C15H19NO4. The molecule has 1 aromatic heterocycles. The zero-order chi connectivity index (χ0) is 14.1. The Labute approximate surface area is 117 Å². The molecule has 1 heterocycles. The van der Waals surface area contributed by atoms with Crippen LogP contribution in [0.25, 0.3) is 0 Å². The Balaban J connectivity index is 1.70. The summed E-state index contributed by atoms with van der Waals surface area (Å²) in [6, 6.07) is 1.88. The van der Waals surface area contributed by atoms with Crippen LogP contribution in [0.5, 0.6) is 0 Å². The summed E-state index contributed by atoms with van der Waals surface area (Å²) in [6.07, 6.45) is 6.54. The highest BCUT2D eigenvalue weighted by atomic mass is 16.4. The summed E-state index contributed by atoms with van der Waals surface area (Å²) in [5.74, 6) is -0.931. The van der Waals surface area contributed by atoms with E-state index < -0.39 is 11.9 Å². The van der Waals surface area contributed by atoms with Crippen LogP contribution in [0, 0.1) is 11.8 Å². The molecule has 3 atom stereocenters. The minimum atomic E-state index is -0.852. The van der Waals surface area contributed by atoms with Gasteiger partial charge >= 0.3 is 5.97 Å². The highest BCUT2D eigenvalue weighted by Crippen LogP contribution is 2.35. The monoisotopic (exact) mass is 277 g/mol. The zero-order valence-electron chi connectivity index (χ0n) is 11.3. The quantitative estimate of drug-likeness (QED) is 0.888. The van der Waals surface area contributed by atoms with E-state index in [-0.39, 0.29) is 17.9 Å². The SMILES string of the molecule is O=C(O)[C@H]1CCC[C@H]1C(=O)NC1CCCc2occc21. The van der Waals surface area contributed by atoms with E-state index >= 15 is 0 Å². The lowest BCUT2D eigenvalue weighted by atomic mass is 9.91. The molecule has 0 aliphatic heterocycles. The number of furan rings is 1. The number of carbonyl (C=O) groups is 2. The number of rotatable bonds is 3. The number of carboxylic acids is 1. The molecule has 1 aromatic rings. The second-order valence-electron chi connectivity index (χ2n) is 5.73. The first-order valence-electron chi connectivity index (χ1n) is 7.26. The minimum Gasteiger partial charge on any atom is -0.481 e. The molecule has 3 rings (SSSR count). The summed E-state index contributed by atoms with van der Waals surface area (Å²) in [7, 11) is 0. The molecule has 20 heavy (non-hydrogen) atoms. The van der Waals surface area contributed by atoms with Crippen LogP contribution in [-0.2, 0) is 16.0 Å². The third-order valence-corrected chi connectivity index (χ3v) is 4.54. The number of carboxylic acid groups (broad SMARTS) is 1. The molecule has 108 valence electrons. The van der Waals surface area contributed by atoms with Crippen molar-refractivity contribution in [3.63, 3.8) is 0 Å². The number of amides is 1. The molecule has 1 unspecified atom stereocenters. The molecule has 2 N–H and O–H groups in total. The maximum atomic E-state index is 12.4. The zero-order valence-corrected chi connectivity index (χ0v) is 11.3. The molecular weight excluding hydrogens is 258 g/mol. The van der Waals surface area contributed by atoms with E-state index in [1.54, 1.807) is 6.26 Å². The van der Waals surface area contributed by atoms with E-state index in [0.717, 1.165) is 37.0 Å². The van der Waals surface area contributed by atoms with Crippen LogP contribution in [0.2, 0.25) is 0 Å². The molecule has 5 nitrogen and oxygen atoms in total. The van der Waals surface area contributed by atoms with Crippen LogP contribution in [0.3, 0.4) is 0 Å². The van der Waals surface area contributed by atoms with Crippen molar-refractivity contribution in [1.29, 1.82) is 0 Å². The Bertz CT molecular complexity index is 522. The van der Waals surface area contributed by atoms with Gasteiger partial charge in [-0.3, -0.25) is 9.59 Å². The van der Waals surface area contributed by atoms with E-state index in [4.69, 9.17) is 9.52 Å². The van der Waals surface area contributed by atoms with Crippen LogP contribution in [0.4, 0.5) is 0 Å². The average Bonchev–Trinajstić information content (AvgIpc) is 3.08. The fourth-order valence-corrected chi connectivity index (χ4v) is 3.48. The summed E-state index contributed by atoms with van der Waals surface area (Å²) in [5.41, 5.74) is 1.05. The third-order valence-electron chi connectivity index (χ3n) is 4.54. The molecule has 1 fully saturated rings. The number of nitrogens with one attached hydrogen (secondary N) is 1. The lowest BCUT2D eigenvalue weighted by Crippen LogP contribution is -2.38. The van der Waals surface area contributed by atoms with Crippen molar-refractivity contribution in [1.82, 2.24) is 5.32 Å². The standard InChI is InChI=1S/C15H19NO4/c17-14(9-3-1-4-10(9)15(18)19)16-12-5-2-6-13-11(12)7-8-20-13/h7-10,12H,1-6H2,(H,16,17)(H,18,19)/t9-,10+,12?/m1/s1. The van der Waals surface area contributed by atoms with Gasteiger partial charge in [0, 0.05) is 12.0 Å². The van der Waals surface area contributed by atoms with Crippen LogP contribution >= 0.6 is 0 Å². The Hall–Kier alpha value is -1.78. The van der Waals surface area contributed by atoms with Crippen molar-refractivity contribution in [2.24, 2.45) is 11.8 Å². The summed E-state index contributed by atoms with van der Waals surface area (Å²) in [5, 5.41) is 12.2. The van der Waals surface area contributed by atoms with Crippen molar-refractivity contribution in [3.05, 3.63) is 23.7 Å². The molecule has 2 aliphatic rings. The number of fused-ring (bicyclic) bond motifs is 1. The number of hydrogen-bond donors (Lipinski definition) is 2. The predicted molar refractivity (Wildman–Crippen MR) is 71.0 cm³/mol. The Morgan fingerprint density at radius 2 is 2.00 bits per heavy atom. The molecule has 1 saturated carbocycles. The molecule has 2 aliphatic carbocycles. The van der Waals surface area contributed by atoms with Crippen LogP contribution in [0.15, 0.2) is 16.7 Å². The van der Waals surface area contributed by atoms with Gasteiger partial charge in [-0.15, -0.1) is 0 Å². The first-order chi connectivity index (χ1) is 9.66. The summed E-state index contributed by atoms with van der Waals surface area (Å²) in [6.45, 7) is 0. The number of aliphatic carboxylic acids is 1. The summed E-state index contributed by atoms with van der Waals surface area (Å²) < 4.78 is 5.41. The molecule has 5 heteroatoms. The molecule has 0 saturated heterocycles. The third kappa shape index (κ3) is 2.32. The largest absolute Gasteiger partial charge is 0.481 e. The summed E-state index contributed by atoms with van der Waals surface area (Å²) in [4.78, 5) is 23.5. The van der Waals surface area contributed by atoms with E-state index in [0.29, 0.717) is 12.8 Å². The second-order valence-corrected chi connectivity index (χ2v) is 5.73. The van der Waals surface area contributed by atoms with E-state index in [1.165, 1.54) is 0 Å². The number of hydrogen-bond acceptors (Lipinski definition) is 3. The maximum absolute atomic E-state index is 12.4. The van der Waals surface area contributed by atoms with Gasteiger partial charge in [-0.05, 0) is 31.7 Å². The molecule has 0 radical (unpaired) electrons. The van der Waals surface area contributed by atoms with Gasteiger partial charge in [0.1, 0.15) is 5.76 Å². The van der Waals surface area contributed by atoms with E-state index in [1.807, 2.05) is 6.07 Å². The van der Waals surface area contributed by atoms with Gasteiger partial charge in [0.2, 0.25) is 5.91 Å². The maximum Gasteiger partial charge on any atom is 0.307 e. The molecule has 0 bridgehead atoms. The van der Waals surface area contributed by atoms with Crippen molar-refractivity contribution >= 4 is 11.9 Å². The van der Waals surface area contributed by atoms with Crippen molar-refractivity contribution in [2.45, 2.75) is 44.6 Å². The van der Waals surface area contributed by atoms with Gasteiger partial charge in [0.15, 0.2) is 0 Å². The highest BCUT2D eigenvalue weighted by molar-refractivity contribution is 5.85. The second kappa shape index (κ2) is 5.31. The van der Waals surface area contributed by atoms with Crippen LogP contribution in [0.1, 0.15) is 49.5 Å². The first-order valence-corrected chi connectivity index (χ1v) is 7.26. The lowest BCUT2D eigenvalue weighted by Gasteiger charge is -2.25. The fraction of sp³-hybridized carbons (Fsp3) is 0.600.